The van der Waals surface area contributed by atoms with Gasteiger partial charge in [-0.05, 0) is 48.3 Å². The molecule has 0 radical (unpaired) electrons. The fourth-order valence-corrected chi connectivity index (χ4v) is 7.90. The highest BCUT2D eigenvalue weighted by Gasteiger charge is 2.17. The van der Waals surface area contributed by atoms with Crippen LogP contribution in [0.15, 0.2) is 35.2 Å². The van der Waals surface area contributed by atoms with Crippen LogP contribution >= 0.6 is 0 Å². The van der Waals surface area contributed by atoms with Gasteiger partial charge in [-0.25, -0.2) is 0 Å². The van der Waals surface area contributed by atoms with Crippen LogP contribution < -0.4 is 0 Å². The summed E-state index contributed by atoms with van der Waals surface area (Å²) in [5.74, 6) is 0. The Balaban J connectivity index is 1.72. The number of hydrogen-bond donors (Lipinski definition) is 1. The molecule has 0 amide bonds. The van der Waals surface area contributed by atoms with Crippen molar-refractivity contribution in [1.82, 2.24) is 0 Å². The van der Waals surface area contributed by atoms with Crippen LogP contribution in [0.2, 0.25) is 0 Å². The molecule has 0 saturated carbocycles. The summed E-state index contributed by atoms with van der Waals surface area (Å²) in [6, 6.07) is 9.43. The Morgan fingerprint density at radius 1 is 0.435 bits per heavy atom. The van der Waals surface area contributed by atoms with Crippen LogP contribution in [-0.4, -0.2) is 13.0 Å². The van der Waals surface area contributed by atoms with Gasteiger partial charge in [0.25, 0.3) is 10.1 Å². The Morgan fingerprint density at radius 3 is 1.20 bits per heavy atom. The van der Waals surface area contributed by atoms with Gasteiger partial charge in [0.15, 0.2) is 0 Å². The third-order valence-electron chi connectivity index (χ3n) is 10.1. The van der Waals surface area contributed by atoms with Crippen molar-refractivity contribution in [2.75, 3.05) is 0 Å². The molecule has 2 rings (SSSR count). The van der Waals surface area contributed by atoms with E-state index < -0.39 is 10.1 Å². The fourth-order valence-electron chi connectivity index (χ4n) is 7.20. The largest absolute Gasteiger partial charge is 0.295 e. The van der Waals surface area contributed by atoms with Crippen molar-refractivity contribution in [3.05, 3.63) is 41.5 Å². The van der Waals surface area contributed by atoms with E-state index in [0.29, 0.717) is 5.39 Å². The third-order valence-corrected chi connectivity index (χ3v) is 11.0. The lowest BCUT2D eigenvalue weighted by atomic mass is 9.91. The first-order valence-corrected chi connectivity index (χ1v) is 21.4. The maximum Gasteiger partial charge on any atom is 0.295 e. The summed E-state index contributed by atoms with van der Waals surface area (Å²) < 4.78 is 34.1. The van der Waals surface area contributed by atoms with E-state index in [2.05, 4.69) is 26.0 Å². The predicted molar refractivity (Wildman–Crippen MR) is 202 cm³/mol. The molecule has 0 unspecified atom stereocenters. The zero-order valence-electron chi connectivity index (χ0n) is 30.3. The van der Waals surface area contributed by atoms with Crippen LogP contribution in [0.3, 0.4) is 0 Å². The molecule has 0 aliphatic heterocycles. The molecular weight excluding hydrogens is 585 g/mol. The Bertz CT molecular complexity index is 1120. The Morgan fingerprint density at radius 2 is 0.804 bits per heavy atom. The highest BCUT2D eigenvalue weighted by atomic mass is 32.2. The summed E-state index contributed by atoms with van der Waals surface area (Å²) >= 11 is 0. The number of hydrogen-bond acceptors (Lipinski definition) is 2. The average Bonchev–Trinajstić information content (AvgIpc) is 3.04. The molecule has 2 aromatic rings. The first kappa shape index (κ1) is 40.8. The van der Waals surface area contributed by atoms with Crippen molar-refractivity contribution in [3.8, 4) is 0 Å². The third kappa shape index (κ3) is 18.2. The average molecular weight is 657 g/mol. The summed E-state index contributed by atoms with van der Waals surface area (Å²) in [4.78, 5) is 0.0373. The minimum atomic E-state index is -4.25. The van der Waals surface area contributed by atoms with E-state index in [4.69, 9.17) is 0 Å². The molecule has 4 heteroatoms. The van der Waals surface area contributed by atoms with Crippen LogP contribution in [0, 0.1) is 0 Å². The number of rotatable bonds is 31. The summed E-state index contributed by atoms with van der Waals surface area (Å²) in [5, 5.41) is 1.67. The van der Waals surface area contributed by atoms with Crippen molar-refractivity contribution >= 4 is 20.9 Å². The van der Waals surface area contributed by atoms with Gasteiger partial charge in [0.2, 0.25) is 0 Å². The second kappa shape index (κ2) is 26.6. The lowest BCUT2D eigenvalue weighted by Crippen LogP contribution is -2.02. The van der Waals surface area contributed by atoms with Gasteiger partial charge in [0, 0.05) is 5.39 Å². The molecule has 2 aromatic carbocycles. The van der Waals surface area contributed by atoms with Crippen molar-refractivity contribution in [2.24, 2.45) is 0 Å². The van der Waals surface area contributed by atoms with Crippen molar-refractivity contribution in [2.45, 2.75) is 211 Å². The van der Waals surface area contributed by atoms with E-state index in [0.717, 1.165) is 24.6 Å². The van der Waals surface area contributed by atoms with Gasteiger partial charge < -0.3 is 0 Å². The monoisotopic (exact) mass is 657 g/mol. The summed E-state index contributed by atoms with van der Waals surface area (Å²) in [7, 11) is -4.25. The highest BCUT2D eigenvalue weighted by Crippen LogP contribution is 2.30. The maximum absolute atomic E-state index is 12.1. The fraction of sp³-hybridized carbons (Fsp3) is 0.762. The van der Waals surface area contributed by atoms with Crippen molar-refractivity contribution in [1.29, 1.82) is 0 Å². The van der Waals surface area contributed by atoms with Gasteiger partial charge in [-0.1, -0.05) is 205 Å². The molecule has 46 heavy (non-hydrogen) atoms. The molecule has 0 aliphatic rings. The minimum Gasteiger partial charge on any atom is -0.282 e. The van der Waals surface area contributed by atoms with Gasteiger partial charge in [0.05, 0.1) is 0 Å². The predicted octanol–water partition coefficient (Wildman–Crippen LogP) is 14.1. The molecule has 3 nitrogen and oxygen atoms in total. The first-order chi connectivity index (χ1) is 22.5. The second-order valence-electron chi connectivity index (χ2n) is 14.2. The molecule has 0 fully saturated rings. The second-order valence-corrected chi connectivity index (χ2v) is 15.6. The van der Waals surface area contributed by atoms with E-state index in [1.54, 1.807) is 6.07 Å². The molecule has 0 atom stereocenters. The van der Waals surface area contributed by atoms with Gasteiger partial charge in [-0.2, -0.15) is 8.42 Å². The summed E-state index contributed by atoms with van der Waals surface area (Å²) in [6.07, 6.45) is 40.0. The zero-order valence-corrected chi connectivity index (χ0v) is 31.1. The highest BCUT2D eigenvalue weighted by molar-refractivity contribution is 7.86. The van der Waals surface area contributed by atoms with Crippen LogP contribution in [0.1, 0.15) is 205 Å². The number of aryl methyl sites for hydroxylation is 2. The lowest BCUT2D eigenvalue weighted by molar-refractivity contribution is 0.484. The maximum atomic E-state index is 12.1. The number of benzene rings is 2. The molecule has 0 saturated heterocycles. The number of unbranched alkanes of at least 4 members (excludes halogenated alkanes) is 26. The van der Waals surface area contributed by atoms with Gasteiger partial charge in [0.1, 0.15) is 4.90 Å². The Kier molecular flexibility index (Phi) is 23.5. The quantitative estimate of drug-likeness (QED) is 0.0649. The van der Waals surface area contributed by atoms with Crippen LogP contribution in [0.5, 0.6) is 0 Å². The van der Waals surface area contributed by atoms with E-state index in [1.807, 2.05) is 6.07 Å². The van der Waals surface area contributed by atoms with E-state index in [9.17, 15) is 13.0 Å². The van der Waals surface area contributed by atoms with E-state index >= 15 is 0 Å². The molecule has 1 N–H and O–H groups in total. The Labute approximate surface area is 285 Å². The summed E-state index contributed by atoms with van der Waals surface area (Å²) in [6.45, 7) is 4.57. The lowest BCUT2D eigenvalue weighted by Gasteiger charge is -2.15. The molecule has 0 bridgehead atoms. The zero-order chi connectivity index (χ0) is 33.1. The van der Waals surface area contributed by atoms with Gasteiger partial charge in [-0.15, -0.1) is 0 Å². The topological polar surface area (TPSA) is 54.4 Å². The smallest absolute Gasteiger partial charge is 0.282 e. The normalized spacial score (nSPS) is 12.0. The SMILES string of the molecule is CCCCCCCCCCCCCCCCc1ccc2c(S(=O)(=O)O)cccc2c1CCCCCCCCCCCCCCCC. The van der Waals surface area contributed by atoms with Gasteiger partial charge in [-0.3, -0.25) is 4.55 Å². The molecule has 264 valence electrons. The van der Waals surface area contributed by atoms with Crippen LogP contribution in [0.4, 0.5) is 0 Å². The molecule has 0 spiro atoms. The first-order valence-electron chi connectivity index (χ1n) is 20.0. The number of fused-ring (bicyclic) bond motifs is 1. The Hall–Kier alpha value is -1.39. The van der Waals surface area contributed by atoms with E-state index in [-0.39, 0.29) is 4.90 Å². The molecule has 0 aliphatic carbocycles. The van der Waals surface area contributed by atoms with E-state index in [1.165, 1.54) is 191 Å². The van der Waals surface area contributed by atoms with Crippen LogP contribution in [0.25, 0.3) is 10.8 Å². The van der Waals surface area contributed by atoms with Crippen LogP contribution in [-0.2, 0) is 23.0 Å². The standard InChI is InChI=1S/C42H72O3S/c1-3-5-7-9-11-13-15-17-19-21-23-25-27-29-32-38-36-37-41-40(34-31-35-42(41)46(43,44)45)39(38)33-30-28-26-24-22-20-18-16-14-12-10-8-6-4-2/h31,34-37H,3-30,32-33H2,1-2H3,(H,43,44,45). The van der Waals surface area contributed by atoms with Crippen molar-refractivity contribution < 1.29 is 13.0 Å². The molecule has 0 aromatic heterocycles. The summed E-state index contributed by atoms with van der Waals surface area (Å²) in [5.41, 5.74) is 2.67. The molecular formula is C42H72O3S. The molecule has 0 heterocycles. The minimum absolute atomic E-state index is 0.0373. The van der Waals surface area contributed by atoms with Gasteiger partial charge >= 0.3 is 0 Å². The van der Waals surface area contributed by atoms with Crippen molar-refractivity contribution in [3.63, 3.8) is 0 Å².